The Morgan fingerprint density at radius 2 is 1.30 bits per heavy atom. The summed E-state index contributed by atoms with van der Waals surface area (Å²) in [4.78, 5) is 71.6. The van der Waals surface area contributed by atoms with Crippen molar-refractivity contribution in [3.63, 3.8) is 0 Å². The van der Waals surface area contributed by atoms with Gasteiger partial charge in [-0.1, -0.05) is 80.9 Å². The van der Waals surface area contributed by atoms with Crippen LogP contribution in [0.4, 0.5) is 0 Å². The van der Waals surface area contributed by atoms with Crippen LogP contribution in [0.15, 0.2) is 60.7 Å². The summed E-state index contributed by atoms with van der Waals surface area (Å²) in [6.07, 6.45) is 4.72. The Kier molecular flexibility index (Phi) is 15.7. The minimum atomic E-state index is -0.798. The molecule has 4 rings (SSSR count). The summed E-state index contributed by atoms with van der Waals surface area (Å²) in [6, 6.07) is 17.0. The van der Waals surface area contributed by atoms with Crippen molar-refractivity contribution in [2.75, 3.05) is 32.7 Å². The number of amides is 3. The summed E-state index contributed by atoms with van der Waals surface area (Å²) in [5.41, 5.74) is 19.8. The van der Waals surface area contributed by atoms with Crippen LogP contribution in [0, 0.1) is 23.2 Å². The summed E-state index contributed by atoms with van der Waals surface area (Å²) in [6.45, 7) is 8.69. The second-order valence-electron chi connectivity index (χ2n) is 16.0. The van der Waals surface area contributed by atoms with Gasteiger partial charge in [0.1, 0.15) is 0 Å². The van der Waals surface area contributed by atoms with Gasteiger partial charge in [-0.05, 0) is 75.5 Å². The molecule has 0 radical (unpaired) electrons. The fraction of sp³-hybridized carbons (Fsp3) is 0.595. The average molecular weight is 731 g/mol. The third kappa shape index (κ3) is 12.3. The van der Waals surface area contributed by atoms with Crippen molar-refractivity contribution in [1.82, 2.24) is 15.1 Å². The monoisotopic (exact) mass is 730 g/mol. The van der Waals surface area contributed by atoms with E-state index >= 15 is 0 Å². The second-order valence-corrected chi connectivity index (χ2v) is 16.0. The number of unbranched alkanes of at least 4 members (excludes halogenated alkanes) is 1. The van der Waals surface area contributed by atoms with E-state index < -0.39 is 30.0 Å². The molecule has 2 aromatic rings. The molecule has 0 unspecified atom stereocenters. The zero-order valence-electron chi connectivity index (χ0n) is 32.0. The predicted octanol–water partition coefficient (Wildman–Crippen LogP) is 3.41. The number of carbonyl (C=O) groups excluding carboxylic acids is 5. The van der Waals surface area contributed by atoms with E-state index in [9.17, 15) is 24.0 Å². The molecule has 11 heteroatoms. The summed E-state index contributed by atoms with van der Waals surface area (Å²) in [5, 5.41) is 3.03. The number of rotatable bonds is 20. The Bertz CT molecular complexity index is 1500. The minimum Gasteiger partial charge on any atom is -0.346 e. The maximum absolute atomic E-state index is 14.1. The summed E-state index contributed by atoms with van der Waals surface area (Å²) < 4.78 is 0. The fourth-order valence-corrected chi connectivity index (χ4v) is 7.78. The highest BCUT2D eigenvalue weighted by molar-refractivity contribution is 5.95. The molecular formula is C42H62N6O5. The second kappa shape index (κ2) is 19.9. The van der Waals surface area contributed by atoms with E-state index in [1.165, 1.54) is 0 Å². The standard InChI is InChI=1S/C42H62N6O5/c1-29(2)22-36(46-39(51)34(23-31-12-6-4-7-13-31)26-37(49)35(45)24-32-14-8-5-9-15-32)38(50)25-33(16-10-11-19-43)41(53)48-27-42(28-48)17-20-47(21-18-42)40(52)30(3)44/h4-9,12-15,29-30,33-36H,10-11,16-28,43-45H2,1-3H3,(H,46,51)/t30-,33+,34+,35-,36-/m1/s1. The summed E-state index contributed by atoms with van der Waals surface area (Å²) in [5.74, 6) is -1.97. The maximum atomic E-state index is 14.1. The van der Waals surface area contributed by atoms with Gasteiger partial charge in [0, 0.05) is 56.3 Å². The SMILES string of the molecule is CC(C)C[C@@H](NC(=O)[C@H](CC(=O)[C@H](N)Cc1ccccc1)Cc1ccccc1)C(=O)C[C@H](CCCCN)C(=O)N1CC2(CCN(C(=O)[C@@H](C)N)CC2)C1. The van der Waals surface area contributed by atoms with Crippen molar-refractivity contribution in [1.29, 1.82) is 0 Å². The van der Waals surface area contributed by atoms with Crippen LogP contribution in [0.3, 0.4) is 0 Å². The number of nitrogens with one attached hydrogen (secondary N) is 1. The highest BCUT2D eigenvalue weighted by atomic mass is 16.2. The number of likely N-dealkylation sites (tertiary alicyclic amines) is 2. The zero-order chi connectivity index (χ0) is 38.5. The van der Waals surface area contributed by atoms with E-state index in [1.54, 1.807) is 6.92 Å². The Morgan fingerprint density at radius 3 is 1.85 bits per heavy atom. The van der Waals surface area contributed by atoms with Crippen LogP contribution in [-0.4, -0.2) is 89.9 Å². The van der Waals surface area contributed by atoms with E-state index in [0.29, 0.717) is 58.4 Å². The van der Waals surface area contributed by atoms with Crippen molar-refractivity contribution in [2.24, 2.45) is 40.4 Å². The Balaban J connectivity index is 1.43. The summed E-state index contributed by atoms with van der Waals surface area (Å²) >= 11 is 0. The number of hydrogen-bond acceptors (Lipinski definition) is 8. The van der Waals surface area contributed by atoms with Crippen molar-refractivity contribution in [3.05, 3.63) is 71.8 Å². The molecule has 0 aromatic heterocycles. The van der Waals surface area contributed by atoms with Crippen LogP contribution in [0.25, 0.3) is 0 Å². The van der Waals surface area contributed by atoms with Gasteiger partial charge in [0.2, 0.25) is 17.7 Å². The normalized spacial score (nSPS) is 18.1. The van der Waals surface area contributed by atoms with Gasteiger partial charge in [-0.2, -0.15) is 0 Å². The molecule has 1 spiro atoms. The largest absolute Gasteiger partial charge is 0.346 e. The first kappa shape index (κ1) is 41.8. The maximum Gasteiger partial charge on any atom is 0.239 e. The highest BCUT2D eigenvalue weighted by Crippen LogP contribution is 2.41. The first-order chi connectivity index (χ1) is 25.3. The van der Waals surface area contributed by atoms with Crippen molar-refractivity contribution in [2.45, 2.75) is 103 Å². The molecule has 0 aliphatic carbocycles. The topological polar surface area (TPSA) is 182 Å². The molecule has 2 aliphatic rings. The third-order valence-corrected chi connectivity index (χ3v) is 11.0. The van der Waals surface area contributed by atoms with E-state index in [4.69, 9.17) is 17.2 Å². The molecule has 3 amide bonds. The smallest absolute Gasteiger partial charge is 0.239 e. The van der Waals surface area contributed by atoms with E-state index in [1.807, 2.05) is 84.3 Å². The minimum absolute atomic E-state index is 0.0148. The molecule has 2 saturated heterocycles. The number of hydrogen-bond donors (Lipinski definition) is 4. The van der Waals surface area contributed by atoms with Crippen LogP contribution in [0.2, 0.25) is 0 Å². The number of benzene rings is 2. The molecule has 290 valence electrons. The van der Waals surface area contributed by atoms with Crippen LogP contribution in [0.1, 0.15) is 83.3 Å². The predicted molar refractivity (Wildman–Crippen MR) is 207 cm³/mol. The van der Waals surface area contributed by atoms with Gasteiger partial charge < -0.3 is 32.3 Å². The molecule has 0 saturated carbocycles. The van der Waals surface area contributed by atoms with Crippen LogP contribution in [0.5, 0.6) is 0 Å². The number of piperidine rings is 1. The summed E-state index contributed by atoms with van der Waals surface area (Å²) in [7, 11) is 0. The van der Waals surface area contributed by atoms with E-state index in [2.05, 4.69) is 5.32 Å². The van der Waals surface area contributed by atoms with Gasteiger partial charge in [-0.25, -0.2) is 0 Å². The molecule has 53 heavy (non-hydrogen) atoms. The van der Waals surface area contributed by atoms with Gasteiger partial charge in [0.15, 0.2) is 11.6 Å². The molecule has 11 nitrogen and oxygen atoms in total. The third-order valence-electron chi connectivity index (χ3n) is 11.0. The first-order valence-corrected chi connectivity index (χ1v) is 19.5. The van der Waals surface area contributed by atoms with E-state index in [-0.39, 0.29) is 53.5 Å². The van der Waals surface area contributed by atoms with Crippen molar-refractivity contribution >= 4 is 29.3 Å². The fourth-order valence-electron chi connectivity index (χ4n) is 7.78. The Hall–Kier alpha value is -3.93. The quantitative estimate of drug-likeness (QED) is 0.150. The lowest BCUT2D eigenvalue weighted by molar-refractivity contribution is -0.155. The van der Waals surface area contributed by atoms with Crippen LogP contribution < -0.4 is 22.5 Å². The van der Waals surface area contributed by atoms with Crippen LogP contribution >= 0.6 is 0 Å². The van der Waals surface area contributed by atoms with Crippen molar-refractivity contribution < 1.29 is 24.0 Å². The first-order valence-electron chi connectivity index (χ1n) is 19.5. The van der Waals surface area contributed by atoms with Crippen molar-refractivity contribution in [3.8, 4) is 0 Å². The van der Waals surface area contributed by atoms with Gasteiger partial charge in [0.05, 0.1) is 18.1 Å². The molecule has 0 bridgehead atoms. The molecular weight excluding hydrogens is 668 g/mol. The van der Waals surface area contributed by atoms with Gasteiger partial charge in [-0.15, -0.1) is 0 Å². The Labute approximate surface area is 315 Å². The molecule has 2 heterocycles. The lowest BCUT2D eigenvalue weighted by atomic mass is 9.71. The number of nitrogens with two attached hydrogens (primary N) is 3. The van der Waals surface area contributed by atoms with E-state index in [0.717, 1.165) is 36.8 Å². The number of ketones is 2. The van der Waals surface area contributed by atoms with Crippen LogP contribution in [-0.2, 0) is 36.8 Å². The molecule has 2 fully saturated rings. The lowest BCUT2D eigenvalue weighted by Crippen LogP contribution is -2.63. The molecule has 5 atom stereocenters. The van der Waals surface area contributed by atoms with Gasteiger partial charge in [0.25, 0.3) is 0 Å². The Morgan fingerprint density at radius 1 is 0.736 bits per heavy atom. The lowest BCUT2D eigenvalue weighted by Gasteiger charge is -2.54. The average Bonchev–Trinajstić information content (AvgIpc) is 3.12. The van der Waals surface area contributed by atoms with Gasteiger partial charge >= 0.3 is 0 Å². The molecule has 2 aromatic carbocycles. The molecule has 7 N–H and O–H groups in total. The number of nitrogens with zero attached hydrogens (tertiary/aromatic N) is 2. The zero-order valence-corrected chi connectivity index (χ0v) is 32.0. The number of carbonyl (C=O) groups is 5. The number of Topliss-reactive ketones (excluding diaryl/α,β-unsaturated/α-hetero) is 2. The molecule has 2 aliphatic heterocycles. The van der Waals surface area contributed by atoms with Gasteiger partial charge in [-0.3, -0.25) is 24.0 Å². The highest BCUT2D eigenvalue weighted by Gasteiger charge is 2.48.